The zero-order valence-corrected chi connectivity index (χ0v) is 8.68. The van der Waals surface area contributed by atoms with E-state index in [1.165, 1.54) is 0 Å². The molecule has 3 N–H and O–H groups in total. The molecule has 3 heteroatoms. The van der Waals surface area contributed by atoms with Crippen molar-refractivity contribution >= 4 is 5.97 Å². The molecule has 0 heterocycles. The van der Waals surface area contributed by atoms with Crippen LogP contribution >= 0.6 is 0 Å². The molecule has 0 aliphatic heterocycles. The molecule has 78 valence electrons. The molecule has 0 radical (unpaired) electrons. The van der Waals surface area contributed by atoms with Crippen LogP contribution in [0.15, 0.2) is 0 Å². The van der Waals surface area contributed by atoms with E-state index in [0.717, 1.165) is 19.3 Å². The average Bonchev–Trinajstić information content (AvgIpc) is 2.13. The largest absolute Gasteiger partial charge is 0.481 e. The van der Waals surface area contributed by atoms with Gasteiger partial charge in [0.2, 0.25) is 0 Å². The Balaban J connectivity index is 4.14. The molecular weight excluding hydrogens is 166 g/mol. The van der Waals surface area contributed by atoms with E-state index in [0.29, 0.717) is 12.8 Å². The summed E-state index contributed by atoms with van der Waals surface area (Å²) in [7, 11) is 0. The van der Waals surface area contributed by atoms with Crippen LogP contribution in [0, 0.1) is 5.41 Å². The van der Waals surface area contributed by atoms with Crippen LogP contribution < -0.4 is 5.73 Å². The van der Waals surface area contributed by atoms with Crippen molar-refractivity contribution in [3.05, 3.63) is 0 Å². The molecule has 0 amide bonds. The summed E-state index contributed by atoms with van der Waals surface area (Å²) < 4.78 is 0. The maximum absolute atomic E-state index is 11.0. The predicted octanol–water partition coefficient (Wildman–Crippen LogP) is 2.01. The van der Waals surface area contributed by atoms with Gasteiger partial charge in [0, 0.05) is 6.54 Å². The topological polar surface area (TPSA) is 63.3 Å². The number of carboxylic acids is 1. The molecule has 0 bridgehead atoms. The summed E-state index contributed by atoms with van der Waals surface area (Å²) in [5.41, 5.74) is 4.85. The molecule has 0 fully saturated rings. The lowest BCUT2D eigenvalue weighted by Crippen LogP contribution is -2.38. The van der Waals surface area contributed by atoms with E-state index in [9.17, 15) is 4.79 Å². The Kier molecular flexibility index (Phi) is 5.71. The summed E-state index contributed by atoms with van der Waals surface area (Å²) in [6.07, 6.45) is 4.51. The Hall–Kier alpha value is -0.570. The van der Waals surface area contributed by atoms with Crippen molar-refractivity contribution in [2.75, 3.05) is 6.54 Å². The predicted molar refractivity (Wildman–Crippen MR) is 53.6 cm³/mol. The van der Waals surface area contributed by atoms with E-state index in [1.807, 2.05) is 6.92 Å². The van der Waals surface area contributed by atoms with Crippen LogP contribution in [0.5, 0.6) is 0 Å². The highest BCUT2D eigenvalue weighted by Crippen LogP contribution is 2.28. The Labute approximate surface area is 80.3 Å². The van der Waals surface area contributed by atoms with Crippen LogP contribution in [0.3, 0.4) is 0 Å². The number of rotatable bonds is 7. The lowest BCUT2D eigenvalue weighted by molar-refractivity contribution is -0.149. The van der Waals surface area contributed by atoms with Gasteiger partial charge in [-0.2, -0.15) is 0 Å². The maximum atomic E-state index is 11.0. The third-order valence-corrected chi connectivity index (χ3v) is 2.78. The zero-order chi connectivity index (χ0) is 10.3. The lowest BCUT2D eigenvalue weighted by atomic mass is 9.80. The van der Waals surface area contributed by atoms with Gasteiger partial charge >= 0.3 is 5.97 Å². The minimum atomic E-state index is -0.742. The molecule has 0 saturated heterocycles. The number of nitrogens with two attached hydrogens (primary N) is 1. The van der Waals surface area contributed by atoms with Crippen LogP contribution in [0.4, 0.5) is 0 Å². The molecular formula is C10H21NO2. The summed E-state index contributed by atoms with van der Waals surface area (Å²) in [5.74, 6) is -0.742. The van der Waals surface area contributed by atoms with Crippen molar-refractivity contribution in [3.8, 4) is 0 Å². The van der Waals surface area contributed by atoms with Crippen LogP contribution in [-0.2, 0) is 4.79 Å². The van der Waals surface area contributed by atoms with Gasteiger partial charge in [-0.1, -0.05) is 33.1 Å². The molecule has 3 nitrogen and oxygen atoms in total. The molecule has 13 heavy (non-hydrogen) atoms. The fourth-order valence-electron chi connectivity index (χ4n) is 1.48. The van der Waals surface area contributed by atoms with Gasteiger partial charge in [-0.3, -0.25) is 4.79 Å². The van der Waals surface area contributed by atoms with Crippen molar-refractivity contribution in [2.45, 2.75) is 46.0 Å². The number of carboxylic acid groups (broad SMARTS) is 1. The summed E-state index contributed by atoms with van der Waals surface area (Å²) in [6.45, 7) is 4.26. The van der Waals surface area contributed by atoms with Crippen molar-refractivity contribution in [1.29, 1.82) is 0 Å². The number of carbonyl (C=O) groups is 1. The van der Waals surface area contributed by atoms with Crippen molar-refractivity contribution < 1.29 is 9.90 Å². The van der Waals surface area contributed by atoms with Gasteiger partial charge in [-0.05, 0) is 12.8 Å². The van der Waals surface area contributed by atoms with Gasteiger partial charge in [-0.25, -0.2) is 0 Å². The summed E-state index contributed by atoms with van der Waals surface area (Å²) in [5, 5.41) is 9.04. The van der Waals surface area contributed by atoms with Gasteiger partial charge in [0.05, 0.1) is 5.41 Å². The van der Waals surface area contributed by atoms with Gasteiger partial charge in [0.25, 0.3) is 0 Å². The summed E-state index contributed by atoms with van der Waals surface area (Å²) in [6, 6.07) is 0. The van der Waals surface area contributed by atoms with Gasteiger partial charge in [0.15, 0.2) is 0 Å². The standard InChI is InChI=1S/C10H21NO2/c1-3-5-6-7-10(4-2,8-11)9(12)13/h3-8,11H2,1-2H3,(H,12,13). The first-order valence-corrected chi connectivity index (χ1v) is 5.06. The van der Waals surface area contributed by atoms with Crippen LogP contribution in [0.1, 0.15) is 46.0 Å². The third-order valence-electron chi connectivity index (χ3n) is 2.78. The normalized spacial score (nSPS) is 15.3. The third kappa shape index (κ3) is 3.35. The second-order valence-electron chi connectivity index (χ2n) is 3.60. The molecule has 0 aromatic rings. The van der Waals surface area contributed by atoms with Crippen LogP contribution in [0.2, 0.25) is 0 Å². The highest BCUT2D eigenvalue weighted by atomic mass is 16.4. The Morgan fingerprint density at radius 2 is 2.00 bits per heavy atom. The maximum Gasteiger partial charge on any atom is 0.310 e. The summed E-state index contributed by atoms with van der Waals surface area (Å²) >= 11 is 0. The molecule has 0 aromatic carbocycles. The number of unbranched alkanes of at least 4 members (excludes halogenated alkanes) is 2. The molecule has 0 aliphatic rings. The molecule has 0 rings (SSSR count). The monoisotopic (exact) mass is 187 g/mol. The molecule has 1 unspecified atom stereocenters. The first kappa shape index (κ1) is 12.4. The number of hydrogen-bond acceptors (Lipinski definition) is 2. The molecule has 0 spiro atoms. The van der Waals surface area contributed by atoms with Crippen molar-refractivity contribution in [1.82, 2.24) is 0 Å². The second kappa shape index (κ2) is 5.97. The van der Waals surface area contributed by atoms with E-state index >= 15 is 0 Å². The summed E-state index contributed by atoms with van der Waals surface area (Å²) in [4.78, 5) is 11.0. The highest BCUT2D eigenvalue weighted by molar-refractivity contribution is 5.74. The first-order chi connectivity index (χ1) is 6.13. The van der Waals surface area contributed by atoms with Crippen molar-refractivity contribution in [3.63, 3.8) is 0 Å². The minimum Gasteiger partial charge on any atom is -0.481 e. The fourth-order valence-corrected chi connectivity index (χ4v) is 1.48. The number of aliphatic carboxylic acids is 1. The quantitative estimate of drug-likeness (QED) is 0.599. The molecule has 1 atom stereocenters. The van der Waals surface area contributed by atoms with Crippen LogP contribution in [-0.4, -0.2) is 17.6 Å². The molecule has 0 aliphatic carbocycles. The van der Waals surface area contributed by atoms with Crippen LogP contribution in [0.25, 0.3) is 0 Å². The highest BCUT2D eigenvalue weighted by Gasteiger charge is 2.34. The molecule has 0 saturated carbocycles. The van der Waals surface area contributed by atoms with Crippen molar-refractivity contribution in [2.24, 2.45) is 11.1 Å². The van der Waals surface area contributed by atoms with E-state index in [4.69, 9.17) is 10.8 Å². The first-order valence-electron chi connectivity index (χ1n) is 5.06. The van der Waals surface area contributed by atoms with Gasteiger partial charge in [0.1, 0.15) is 0 Å². The van der Waals surface area contributed by atoms with E-state index in [-0.39, 0.29) is 6.54 Å². The smallest absolute Gasteiger partial charge is 0.310 e. The Bertz CT molecular complexity index is 153. The van der Waals surface area contributed by atoms with E-state index in [2.05, 4.69) is 6.92 Å². The lowest BCUT2D eigenvalue weighted by Gasteiger charge is -2.26. The zero-order valence-electron chi connectivity index (χ0n) is 8.68. The Morgan fingerprint density at radius 3 is 2.31 bits per heavy atom. The van der Waals surface area contributed by atoms with E-state index in [1.54, 1.807) is 0 Å². The number of hydrogen-bond donors (Lipinski definition) is 2. The SMILES string of the molecule is CCCCCC(CC)(CN)C(=O)O. The second-order valence-corrected chi connectivity index (χ2v) is 3.60. The Morgan fingerprint density at radius 1 is 1.38 bits per heavy atom. The average molecular weight is 187 g/mol. The van der Waals surface area contributed by atoms with Gasteiger partial charge in [-0.15, -0.1) is 0 Å². The van der Waals surface area contributed by atoms with Gasteiger partial charge < -0.3 is 10.8 Å². The molecule has 0 aromatic heterocycles. The minimum absolute atomic E-state index is 0.253. The fraction of sp³-hybridized carbons (Fsp3) is 0.900. The van der Waals surface area contributed by atoms with E-state index < -0.39 is 11.4 Å².